The number of carboxylic acids is 1. The lowest BCUT2D eigenvalue weighted by molar-refractivity contribution is -0.144. The van der Waals surface area contributed by atoms with E-state index in [2.05, 4.69) is 25.7 Å². The molecule has 0 aliphatic heterocycles. The molecular formula is C13H25NO2. The molecule has 94 valence electrons. The summed E-state index contributed by atoms with van der Waals surface area (Å²) in [6, 6.07) is 0.0547. The maximum absolute atomic E-state index is 11.3. The summed E-state index contributed by atoms with van der Waals surface area (Å²) in [7, 11) is 0. The van der Waals surface area contributed by atoms with Gasteiger partial charge in [-0.1, -0.05) is 19.8 Å². The van der Waals surface area contributed by atoms with Crippen LogP contribution < -0.4 is 0 Å². The van der Waals surface area contributed by atoms with Crippen LogP contribution in [0, 0.1) is 5.92 Å². The zero-order valence-electron chi connectivity index (χ0n) is 10.8. The lowest BCUT2D eigenvalue weighted by Crippen LogP contribution is -2.46. The molecule has 0 aromatic rings. The molecule has 3 heteroatoms. The molecule has 1 fully saturated rings. The summed E-state index contributed by atoms with van der Waals surface area (Å²) in [4.78, 5) is 13.5. The minimum atomic E-state index is -0.650. The fourth-order valence-corrected chi connectivity index (χ4v) is 2.13. The van der Waals surface area contributed by atoms with Crippen molar-refractivity contribution in [2.45, 2.75) is 65.0 Å². The van der Waals surface area contributed by atoms with Crippen LogP contribution in [0.25, 0.3) is 0 Å². The van der Waals surface area contributed by atoms with Crippen molar-refractivity contribution >= 4 is 5.97 Å². The topological polar surface area (TPSA) is 40.5 Å². The second kappa shape index (κ2) is 6.24. The first-order chi connectivity index (χ1) is 7.56. The number of unbranched alkanes of at least 4 members (excludes halogenated alkanes) is 1. The molecule has 0 bridgehead atoms. The van der Waals surface area contributed by atoms with Crippen molar-refractivity contribution in [1.29, 1.82) is 0 Å². The van der Waals surface area contributed by atoms with E-state index in [4.69, 9.17) is 0 Å². The van der Waals surface area contributed by atoms with Crippen molar-refractivity contribution in [1.82, 2.24) is 4.90 Å². The van der Waals surface area contributed by atoms with Crippen LogP contribution in [0.2, 0.25) is 0 Å². The van der Waals surface area contributed by atoms with E-state index >= 15 is 0 Å². The van der Waals surface area contributed by atoms with Crippen LogP contribution in [-0.2, 0) is 4.79 Å². The maximum atomic E-state index is 11.3. The number of nitrogens with zero attached hydrogens (tertiary/aromatic N) is 1. The summed E-state index contributed by atoms with van der Waals surface area (Å²) in [5.41, 5.74) is 0. The summed E-state index contributed by atoms with van der Waals surface area (Å²) < 4.78 is 0. The third-order valence-electron chi connectivity index (χ3n) is 3.35. The van der Waals surface area contributed by atoms with E-state index in [1.54, 1.807) is 0 Å². The van der Waals surface area contributed by atoms with Gasteiger partial charge >= 0.3 is 5.97 Å². The SMILES string of the molecule is CCCCC(C(=O)O)N(CC1CC1)C(C)C. The van der Waals surface area contributed by atoms with E-state index in [-0.39, 0.29) is 6.04 Å². The summed E-state index contributed by atoms with van der Waals surface area (Å²) >= 11 is 0. The van der Waals surface area contributed by atoms with E-state index in [0.29, 0.717) is 6.04 Å². The Hall–Kier alpha value is -0.570. The van der Waals surface area contributed by atoms with Crippen molar-refractivity contribution in [3.8, 4) is 0 Å². The van der Waals surface area contributed by atoms with Crippen molar-refractivity contribution in [3.63, 3.8) is 0 Å². The normalized spacial score (nSPS) is 18.1. The van der Waals surface area contributed by atoms with Gasteiger partial charge in [-0.15, -0.1) is 0 Å². The fourth-order valence-electron chi connectivity index (χ4n) is 2.13. The molecule has 0 radical (unpaired) electrons. The Labute approximate surface area is 98.8 Å². The largest absolute Gasteiger partial charge is 0.480 e. The molecule has 1 unspecified atom stereocenters. The Balaban J connectivity index is 2.57. The number of hydrogen-bond donors (Lipinski definition) is 1. The highest BCUT2D eigenvalue weighted by molar-refractivity contribution is 5.73. The predicted molar refractivity (Wildman–Crippen MR) is 65.5 cm³/mol. The first kappa shape index (κ1) is 13.5. The monoisotopic (exact) mass is 227 g/mol. The van der Waals surface area contributed by atoms with Gasteiger partial charge in [0.15, 0.2) is 0 Å². The highest BCUT2D eigenvalue weighted by Crippen LogP contribution is 2.31. The third-order valence-corrected chi connectivity index (χ3v) is 3.35. The van der Waals surface area contributed by atoms with Crippen LogP contribution in [0.5, 0.6) is 0 Å². The number of hydrogen-bond acceptors (Lipinski definition) is 2. The quantitative estimate of drug-likeness (QED) is 0.693. The van der Waals surface area contributed by atoms with Gasteiger partial charge in [-0.3, -0.25) is 9.69 Å². The minimum Gasteiger partial charge on any atom is -0.480 e. The van der Waals surface area contributed by atoms with Crippen molar-refractivity contribution in [3.05, 3.63) is 0 Å². The second-order valence-electron chi connectivity index (χ2n) is 5.23. The van der Waals surface area contributed by atoms with E-state index in [1.165, 1.54) is 12.8 Å². The van der Waals surface area contributed by atoms with E-state index in [0.717, 1.165) is 31.7 Å². The van der Waals surface area contributed by atoms with Crippen LogP contribution in [0.15, 0.2) is 0 Å². The molecule has 3 nitrogen and oxygen atoms in total. The number of carbonyl (C=O) groups is 1. The molecule has 0 amide bonds. The van der Waals surface area contributed by atoms with Crippen LogP contribution in [0.1, 0.15) is 52.9 Å². The molecule has 0 spiro atoms. The maximum Gasteiger partial charge on any atom is 0.320 e. The zero-order valence-corrected chi connectivity index (χ0v) is 10.8. The van der Waals surface area contributed by atoms with Gasteiger partial charge in [-0.25, -0.2) is 0 Å². The molecule has 1 aliphatic carbocycles. The van der Waals surface area contributed by atoms with Crippen LogP contribution in [-0.4, -0.2) is 34.6 Å². The molecule has 16 heavy (non-hydrogen) atoms. The van der Waals surface area contributed by atoms with Gasteiger partial charge in [0.2, 0.25) is 0 Å². The van der Waals surface area contributed by atoms with Gasteiger partial charge in [0.1, 0.15) is 6.04 Å². The first-order valence-electron chi connectivity index (χ1n) is 6.54. The molecule has 1 saturated carbocycles. The lowest BCUT2D eigenvalue weighted by Gasteiger charge is -2.32. The van der Waals surface area contributed by atoms with Gasteiger partial charge in [0, 0.05) is 12.6 Å². The molecule has 0 saturated heterocycles. The second-order valence-corrected chi connectivity index (χ2v) is 5.23. The minimum absolute atomic E-state index is 0.277. The Kier molecular flexibility index (Phi) is 5.26. The molecular weight excluding hydrogens is 202 g/mol. The Bertz CT molecular complexity index is 224. The Morgan fingerprint density at radius 2 is 2.06 bits per heavy atom. The van der Waals surface area contributed by atoms with Crippen LogP contribution in [0.3, 0.4) is 0 Å². The Morgan fingerprint density at radius 1 is 1.44 bits per heavy atom. The van der Waals surface area contributed by atoms with E-state index in [9.17, 15) is 9.90 Å². The smallest absolute Gasteiger partial charge is 0.320 e. The fraction of sp³-hybridized carbons (Fsp3) is 0.923. The van der Waals surface area contributed by atoms with Gasteiger partial charge in [0.25, 0.3) is 0 Å². The molecule has 0 aromatic carbocycles. The summed E-state index contributed by atoms with van der Waals surface area (Å²) in [5, 5.41) is 9.31. The molecule has 1 N–H and O–H groups in total. The zero-order chi connectivity index (χ0) is 12.1. The van der Waals surface area contributed by atoms with Gasteiger partial charge in [-0.2, -0.15) is 0 Å². The van der Waals surface area contributed by atoms with Crippen molar-refractivity contribution in [2.75, 3.05) is 6.54 Å². The van der Waals surface area contributed by atoms with Crippen LogP contribution >= 0.6 is 0 Å². The summed E-state index contributed by atoms with van der Waals surface area (Å²) in [5.74, 6) is 0.105. The number of carboxylic acid groups (broad SMARTS) is 1. The standard InChI is InChI=1S/C13H25NO2/c1-4-5-6-12(13(15)16)14(10(2)3)9-11-7-8-11/h10-12H,4-9H2,1-3H3,(H,15,16). The number of rotatable bonds is 8. The van der Waals surface area contributed by atoms with E-state index in [1.807, 2.05) is 0 Å². The highest BCUT2D eigenvalue weighted by Gasteiger charge is 2.32. The molecule has 1 rings (SSSR count). The molecule has 0 heterocycles. The number of aliphatic carboxylic acids is 1. The Morgan fingerprint density at radius 3 is 2.44 bits per heavy atom. The summed E-state index contributed by atoms with van der Waals surface area (Å²) in [6.07, 6.45) is 5.42. The highest BCUT2D eigenvalue weighted by atomic mass is 16.4. The van der Waals surface area contributed by atoms with Gasteiger partial charge < -0.3 is 5.11 Å². The third kappa shape index (κ3) is 4.12. The predicted octanol–water partition coefficient (Wildman–Crippen LogP) is 2.75. The average molecular weight is 227 g/mol. The lowest BCUT2D eigenvalue weighted by atomic mass is 10.1. The average Bonchev–Trinajstić information content (AvgIpc) is 2.99. The van der Waals surface area contributed by atoms with Crippen LogP contribution in [0.4, 0.5) is 0 Å². The van der Waals surface area contributed by atoms with Crippen molar-refractivity contribution in [2.24, 2.45) is 5.92 Å². The van der Waals surface area contributed by atoms with Gasteiger partial charge in [0.05, 0.1) is 0 Å². The van der Waals surface area contributed by atoms with Gasteiger partial charge in [-0.05, 0) is 39.0 Å². The van der Waals surface area contributed by atoms with Crippen molar-refractivity contribution < 1.29 is 9.90 Å². The first-order valence-corrected chi connectivity index (χ1v) is 6.54. The summed E-state index contributed by atoms with van der Waals surface area (Å²) in [6.45, 7) is 7.28. The molecule has 0 aromatic heterocycles. The van der Waals surface area contributed by atoms with E-state index < -0.39 is 5.97 Å². The molecule has 1 atom stereocenters. The molecule has 1 aliphatic rings.